The van der Waals surface area contributed by atoms with E-state index in [1.54, 1.807) is 0 Å². The summed E-state index contributed by atoms with van der Waals surface area (Å²) in [4.78, 5) is 18.8. The van der Waals surface area contributed by atoms with Gasteiger partial charge in [0.05, 0.1) is 5.71 Å². The van der Waals surface area contributed by atoms with Crippen molar-refractivity contribution in [3.05, 3.63) is 0 Å². The Bertz CT molecular complexity index is 379. The third-order valence-corrected chi connectivity index (χ3v) is 4.91. The summed E-state index contributed by atoms with van der Waals surface area (Å²) in [5.41, 5.74) is 0.867. The lowest BCUT2D eigenvalue weighted by Crippen LogP contribution is -2.31. The molecule has 0 N–H and O–H groups in total. The molecule has 0 atom stereocenters. The Morgan fingerprint density at radius 3 is 1.61 bits per heavy atom. The fraction of sp³-hybridized carbons (Fsp3) is 0.842. The van der Waals surface area contributed by atoms with Gasteiger partial charge in [-0.1, -0.05) is 64.7 Å². The molecule has 0 bridgehead atoms. The van der Waals surface area contributed by atoms with Crippen LogP contribution in [0.2, 0.25) is 0 Å². The average Bonchev–Trinajstić information content (AvgIpc) is 2.54. The van der Waals surface area contributed by atoms with Gasteiger partial charge in [0.25, 0.3) is 0 Å². The maximum atomic E-state index is 12.5. The molecule has 0 aromatic heterocycles. The van der Waals surface area contributed by atoms with E-state index < -0.39 is 0 Å². The predicted octanol–water partition coefficient (Wildman–Crippen LogP) is 5.90. The van der Waals surface area contributed by atoms with Crippen LogP contribution in [0.25, 0.3) is 0 Å². The maximum Gasteiger partial charge on any atom is 0.343 e. The minimum atomic E-state index is -0.0495. The summed E-state index contributed by atoms with van der Waals surface area (Å²) in [6.45, 7) is 5.72. The van der Waals surface area contributed by atoms with E-state index in [2.05, 4.69) is 13.9 Å². The fourth-order valence-electron chi connectivity index (χ4n) is 3.11. The van der Waals surface area contributed by atoms with Gasteiger partial charge in [-0.25, -0.2) is 4.79 Å². The van der Waals surface area contributed by atoms with E-state index in [4.69, 9.17) is 0 Å². The average molecular weight is 338 g/mol. The minimum absolute atomic E-state index is 0.0495. The van der Waals surface area contributed by atoms with E-state index in [1.165, 1.54) is 57.8 Å². The van der Waals surface area contributed by atoms with Gasteiger partial charge in [0.15, 0.2) is 0 Å². The summed E-state index contributed by atoms with van der Waals surface area (Å²) in [6, 6.07) is -0.0495. The highest BCUT2D eigenvalue weighted by atomic mass is 31.0. The molecule has 0 aliphatic carbocycles. The van der Waals surface area contributed by atoms with E-state index in [0.29, 0.717) is 0 Å². The first kappa shape index (κ1) is 20.4. The van der Waals surface area contributed by atoms with Crippen molar-refractivity contribution < 1.29 is 4.79 Å². The van der Waals surface area contributed by atoms with Crippen LogP contribution in [0.3, 0.4) is 0 Å². The molecule has 1 fully saturated rings. The normalized spacial score (nSPS) is 19.9. The van der Waals surface area contributed by atoms with Gasteiger partial charge in [-0.15, -0.1) is 8.86 Å². The first-order valence-corrected chi connectivity index (χ1v) is 10.1. The summed E-state index contributed by atoms with van der Waals surface area (Å²) in [5.74, 6) is 0. The van der Waals surface area contributed by atoms with Crippen LogP contribution >= 0.6 is 8.86 Å². The Labute approximate surface area is 145 Å². The van der Waals surface area contributed by atoms with Crippen LogP contribution in [-0.2, 0) is 0 Å². The summed E-state index contributed by atoms with van der Waals surface area (Å²) in [6.07, 6.45) is 15.0. The van der Waals surface area contributed by atoms with E-state index in [0.717, 1.165) is 43.4 Å². The zero-order valence-corrected chi connectivity index (χ0v) is 16.2. The fourth-order valence-corrected chi connectivity index (χ4v) is 3.35. The second-order valence-electron chi connectivity index (χ2n) is 6.70. The lowest BCUT2D eigenvalue weighted by molar-refractivity contribution is 0.205. The monoisotopic (exact) mass is 338 g/mol. The quantitative estimate of drug-likeness (QED) is 0.456. The van der Waals surface area contributed by atoms with Gasteiger partial charge in [-0.2, -0.15) is 4.99 Å². The van der Waals surface area contributed by atoms with Crippen LogP contribution in [0.4, 0.5) is 4.79 Å². The molecule has 132 valence electrons. The molecule has 23 heavy (non-hydrogen) atoms. The standard InChI is InChI=1S/C19H35N2OP/c1-3-18(17(2)23)20-19(22)21-15-13-11-9-7-5-4-6-8-10-12-14-16-21/h23H,3-16H2,1-2H3. The van der Waals surface area contributed by atoms with Crippen molar-refractivity contribution in [3.8, 4) is 0 Å². The van der Waals surface area contributed by atoms with Gasteiger partial charge in [0.1, 0.15) is 0 Å². The Kier molecular flexibility index (Phi) is 11.2. The molecule has 0 unspecified atom stereocenters. The van der Waals surface area contributed by atoms with Gasteiger partial charge in [-0.05, 0) is 31.5 Å². The second-order valence-corrected chi connectivity index (χ2v) is 7.45. The van der Waals surface area contributed by atoms with Crippen LogP contribution in [0.1, 0.15) is 90.9 Å². The highest BCUT2D eigenvalue weighted by molar-refractivity contribution is 7.25. The lowest BCUT2D eigenvalue weighted by Gasteiger charge is -2.21. The van der Waals surface area contributed by atoms with Crippen molar-refractivity contribution in [2.24, 2.45) is 4.99 Å². The van der Waals surface area contributed by atoms with Crippen LogP contribution in [0.5, 0.6) is 0 Å². The van der Waals surface area contributed by atoms with Crippen molar-refractivity contribution in [1.82, 2.24) is 4.90 Å². The molecule has 1 aliphatic heterocycles. The third kappa shape index (κ3) is 9.25. The molecule has 1 saturated heterocycles. The number of urea groups is 1. The van der Waals surface area contributed by atoms with E-state index >= 15 is 0 Å². The molecule has 2 amide bonds. The van der Waals surface area contributed by atoms with Crippen molar-refractivity contribution in [2.45, 2.75) is 90.9 Å². The highest BCUT2D eigenvalue weighted by Crippen LogP contribution is 2.14. The Hall–Kier alpha value is -0.690. The smallest absolute Gasteiger partial charge is 0.323 e. The number of rotatable bonds is 2. The molecule has 1 heterocycles. The van der Waals surface area contributed by atoms with Crippen molar-refractivity contribution in [1.29, 1.82) is 0 Å². The van der Waals surface area contributed by atoms with Crippen LogP contribution in [0.15, 0.2) is 4.99 Å². The predicted molar refractivity (Wildman–Crippen MR) is 104 cm³/mol. The lowest BCUT2D eigenvalue weighted by atomic mass is 10.0. The minimum Gasteiger partial charge on any atom is -0.323 e. The third-order valence-electron chi connectivity index (χ3n) is 4.62. The number of carbonyl (C=O) groups excluding carboxylic acids is 1. The zero-order chi connectivity index (χ0) is 16.9. The first-order chi connectivity index (χ1) is 11.1. The second kappa shape index (κ2) is 12.7. The van der Waals surface area contributed by atoms with Crippen LogP contribution in [0, 0.1) is 0 Å². The summed E-state index contributed by atoms with van der Waals surface area (Å²) in [7, 11) is 3.51. The molecule has 0 aromatic carbocycles. The van der Waals surface area contributed by atoms with Crippen molar-refractivity contribution >= 4 is 25.9 Å². The van der Waals surface area contributed by atoms with Crippen molar-refractivity contribution in [3.63, 3.8) is 0 Å². The van der Waals surface area contributed by atoms with Gasteiger partial charge >= 0.3 is 6.03 Å². The number of hydrogen-bond donors (Lipinski definition) is 0. The molecule has 0 saturated carbocycles. The molecule has 0 radical (unpaired) electrons. The molecule has 0 spiro atoms. The maximum absolute atomic E-state index is 12.5. The Morgan fingerprint density at radius 1 is 0.870 bits per heavy atom. The first-order valence-electron chi connectivity index (χ1n) is 9.57. The summed E-state index contributed by atoms with van der Waals surface area (Å²) >= 11 is 0. The number of aliphatic imine (C=N–C) groups is 1. The topological polar surface area (TPSA) is 32.7 Å². The van der Waals surface area contributed by atoms with E-state index in [-0.39, 0.29) is 6.03 Å². The van der Waals surface area contributed by atoms with Gasteiger partial charge < -0.3 is 4.90 Å². The van der Waals surface area contributed by atoms with Crippen LogP contribution < -0.4 is 0 Å². The molecule has 1 rings (SSSR count). The number of amides is 2. The molecular formula is C19H35N2OP. The number of hydrogen-bond acceptors (Lipinski definition) is 1. The highest BCUT2D eigenvalue weighted by Gasteiger charge is 2.13. The summed E-state index contributed by atoms with van der Waals surface area (Å²) < 4.78 is 0. The largest absolute Gasteiger partial charge is 0.343 e. The SMILES string of the molecule is CCC(=NC(=O)N1CCCCCCCCCCCCC1)C(C)=P. The molecule has 0 aromatic rings. The molecule has 4 heteroatoms. The molecular weight excluding hydrogens is 303 g/mol. The summed E-state index contributed by atoms with van der Waals surface area (Å²) in [5, 5.41) is 0.961. The van der Waals surface area contributed by atoms with Crippen LogP contribution in [-0.4, -0.2) is 35.0 Å². The van der Waals surface area contributed by atoms with E-state index in [1.807, 2.05) is 18.7 Å². The Balaban J connectivity index is 2.59. The van der Waals surface area contributed by atoms with Gasteiger partial charge in [0.2, 0.25) is 0 Å². The van der Waals surface area contributed by atoms with E-state index in [9.17, 15) is 4.79 Å². The molecule has 3 nitrogen and oxygen atoms in total. The van der Waals surface area contributed by atoms with Gasteiger partial charge in [-0.3, -0.25) is 0 Å². The number of nitrogens with zero attached hydrogens (tertiary/aromatic N) is 2. The van der Waals surface area contributed by atoms with Gasteiger partial charge in [0, 0.05) is 13.1 Å². The molecule has 1 aliphatic rings. The van der Waals surface area contributed by atoms with Crippen molar-refractivity contribution in [2.75, 3.05) is 13.1 Å². The number of carbonyl (C=O) groups is 1. The zero-order valence-electron chi connectivity index (χ0n) is 15.2. The Morgan fingerprint density at radius 2 is 1.26 bits per heavy atom.